The fraction of sp³-hybridized carbons (Fsp3) is 0.143. The summed E-state index contributed by atoms with van der Waals surface area (Å²) in [5, 5.41) is 5.74. The highest BCUT2D eigenvalue weighted by atomic mass is 32.2. The lowest BCUT2D eigenvalue weighted by Crippen LogP contribution is -2.33. The van der Waals surface area contributed by atoms with Crippen molar-refractivity contribution < 1.29 is 4.79 Å². The molecule has 2 heterocycles. The largest absolute Gasteiger partial charge is 0.315 e. The zero-order valence-electron chi connectivity index (χ0n) is 15.6. The molecule has 7 heteroatoms. The van der Waals surface area contributed by atoms with Crippen molar-refractivity contribution >= 4 is 34.4 Å². The van der Waals surface area contributed by atoms with Crippen molar-refractivity contribution in [1.82, 2.24) is 19.7 Å². The maximum absolute atomic E-state index is 12.9. The summed E-state index contributed by atoms with van der Waals surface area (Å²) in [7, 11) is 1.79. The van der Waals surface area contributed by atoms with Gasteiger partial charge >= 0.3 is 0 Å². The summed E-state index contributed by atoms with van der Waals surface area (Å²) in [6.07, 6.45) is 3.27. The summed E-state index contributed by atoms with van der Waals surface area (Å²) >= 11 is 1.42. The van der Waals surface area contributed by atoms with Crippen molar-refractivity contribution in [2.45, 2.75) is 17.2 Å². The van der Waals surface area contributed by atoms with E-state index in [2.05, 4.69) is 15.1 Å². The number of para-hydroxylation sites is 2. The minimum absolute atomic E-state index is 0.0124. The minimum atomic E-state index is -0.302. The van der Waals surface area contributed by atoms with Crippen LogP contribution < -0.4 is 4.90 Å². The van der Waals surface area contributed by atoms with Crippen molar-refractivity contribution in [3.8, 4) is 5.69 Å². The number of nitrogens with zero attached hydrogens (tertiary/aromatic N) is 5. The monoisotopic (exact) mass is 389 g/mol. The molecule has 0 aliphatic rings. The van der Waals surface area contributed by atoms with Gasteiger partial charge in [-0.1, -0.05) is 48.2 Å². The second kappa shape index (κ2) is 7.82. The van der Waals surface area contributed by atoms with Gasteiger partial charge in [0.2, 0.25) is 5.91 Å². The Labute approximate surface area is 167 Å². The molecule has 0 radical (unpaired) electrons. The Balaban J connectivity index is 1.60. The smallest absolute Gasteiger partial charge is 0.239 e. The number of hydrogen-bond donors (Lipinski definition) is 0. The Hall–Kier alpha value is -3.19. The summed E-state index contributed by atoms with van der Waals surface area (Å²) in [6.45, 7) is 1.89. The molecule has 0 saturated heterocycles. The predicted molar refractivity (Wildman–Crippen MR) is 112 cm³/mol. The number of thioether (sulfide) groups is 1. The summed E-state index contributed by atoms with van der Waals surface area (Å²) in [6, 6.07) is 19.4. The van der Waals surface area contributed by atoms with E-state index in [1.807, 2.05) is 67.6 Å². The highest BCUT2D eigenvalue weighted by Gasteiger charge is 2.22. The molecular weight excluding hydrogens is 370 g/mol. The molecular formula is C21H19N5OS. The summed E-state index contributed by atoms with van der Waals surface area (Å²) < 4.78 is 1.78. The number of amides is 1. The molecule has 1 atom stereocenters. The Bertz CT molecular complexity index is 1100. The normalized spacial score (nSPS) is 12.1. The second-order valence-corrected chi connectivity index (χ2v) is 7.63. The molecule has 0 fully saturated rings. The standard InChI is InChI=1S/C21H19N5OS/c1-15(21(27)25(2)16-9-5-3-6-10-16)28-20-18-13-24-26(19(18)22-14-23-20)17-11-7-4-8-12-17/h3-15H,1-2H3/t15-/m1/s1. The van der Waals surface area contributed by atoms with Crippen LogP contribution in [0.3, 0.4) is 0 Å². The molecule has 2 aromatic heterocycles. The van der Waals surface area contributed by atoms with Gasteiger partial charge in [-0.25, -0.2) is 14.6 Å². The van der Waals surface area contributed by atoms with Gasteiger partial charge < -0.3 is 4.90 Å². The van der Waals surface area contributed by atoms with Crippen molar-refractivity contribution in [2.24, 2.45) is 0 Å². The van der Waals surface area contributed by atoms with Gasteiger partial charge in [-0.05, 0) is 31.2 Å². The van der Waals surface area contributed by atoms with Crippen LogP contribution in [0.5, 0.6) is 0 Å². The van der Waals surface area contributed by atoms with Crippen LogP contribution >= 0.6 is 11.8 Å². The summed E-state index contributed by atoms with van der Waals surface area (Å²) in [5.74, 6) is 0.0124. The van der Waals surface area contributed by atoms with Crippen LogP contribution in [0.1, 0.15) is 6.92 Å². The number of hydrogen-bond acceptors (Lipinski definition) is 5. The molecule has 2 aromatic carbocycles. The van der Waals surface area contributed by atoms with Crippen LogP contribution in [-0.2, 0) is 4.79 Å². The lowest BCUT2D eigenvalue weighted by molar-refractivity contribution is -0.117. The van der Waals surface area contributed by atoms with E-state index in [9.17, 15) is 4.79 Å². The SMILES string of the molecule is C[C@@H](Sc1ncnc2c1cnn2-c1ccccc1)C(=O)N(C)c1ccccc1. The van der Waals surface area contributed by atoms with Crippen LogP contribution in [0.2, 0.25) is 0 Å². The molecule has 1 amide bonds. The fourth-order valence-corrected chi connectivity index (χ4v) is 3.92. The van der Waals surface area contributed by atoms with Gasteiger partial charge in [0.15, 0.2) is 5.65 Å². The zero-order chi connectivity index (χ0) is 19.5. The first kappa shape index (κ1) is 18.2. The highest BCUT2D eigenvalue weighted by Crippen LogP contribution is 2.30. The third kappa shape index (κ3) is 3.48. The highest BCUT2D eigenvalue weighted by molar-refractivity contribution is 8.00. The topological polar surface area (TPSA) is 63.9 Å². The van der Waals surface area contributed by atoms with Crippen LogP contribution in [0.15, 0.2) is 78.2 Å². The van der Waals surface area contributed by atoms with E-state index in [4.69, 9.17) is 0 Å². The molecule has 0 aliphatic heterocycles. The van der Waals surface area contributed by atoms with Crippen molar-refractivity contribution in [1.29, 1.82) is 0 Å². The number of carbonyl (C=O) groups is 1. The van der Waals surface area contributed by atoms with Gasteiger partial charge in [0.25, 0.3) is 0 Å². The lowest BCUT2D eigenvalue weighted by Gasteiger charge is -2.21. The molecule has 0 N–H and O–H groups in total. The Kier molecular flexibility index (Phi) is 5.08. The van der Waals surface area contributed by atoms with Crippen molar-refractivity contribution in [3.63, 3.8) is 0 Å². The average molecular weight is 389 g/mol. The van der Waals surface area contributed by atoms with E-state index in [1.165, 1.54) is 18.1 Å². The number of aromatic nitrogens is 4. The lowest BCUT2D eigenvalue weighted by atomic mass is 10.3. The Morgan fingerprint density at radius 3 is 2.43 bits per heavy atom. The van der Waals surface area contributed by atoms with Crippen LogP contribution in [0.25, 0.3) is 16.7 Å². The first-order valence-electron chi connectivity index (χ1n) is 8.88. The molecule has 28 heavy (non-hydrogen) atoms. The van der Waals surface area contributed by atoms with E-state index < -0.39 is 0 Å². The van der Waals surface area contributed by atoms with Gasteiger partial charge in [0.1, 0.15) is 11.4 Å². The van der Waals surface area contributed by atoms with Crippen LogP contribution in [-0.4, -0.2) is 38.0 Å². The molecule has 0 spiro atoms. The third-order valence-electron chi connectivity index (χ3n) is 4.44. The van der Waals surface area contributed by atoms with E-state index in [0.29, 0.717) is 0 Å². The molecule has 4 aromatic rings. The molecule has 6 nitrogen and oxygen atoms in total. The predicted octanol–water partition coefficient (Wildman–Crippen LogP) is 3.96. The molecule has 0 saturated carbocycles. The average Bonchev–Trinajstić information content (AvgIpc) is 3.19. The van der Waals surface area contributed by atoms with E-state index in [1.54, 1.807) is 22.8 Å². The number of carbonyl (C=O) groups excluding carboxylic acids is 1. The molecule has 0 aliphatic carbocycles. The molecule has 4 rings (SSSR count). The number of benzene rings is 2. The van der Waals surface area contributed by atoms with Gasteiger partial charge in [0, 0.05) is 12.7 Å². The molecule has 140 valence electrons. The van der Waals surface area contributed by atoms with E-state index in [-0.39, 0.29) is 11.2 Å². The fourth-order valence-electron chi connectivity index (χ4n) is 2.94. The van der Waals surface area contributed by atoms with Crippen molar-refractivity contribution in [2.75, 3.05) is 11.9 Å². The first-order valence-corrected chi connectivity index (χ1v) is 9.76. The minimum Gasteiger partial charge on any atom is -0.315 e. The molecule has 0 bridgehead atoms. The van der Waals surface area contributed by atoms with E-state index >= 15 is 0 Å². The Morgan fingerprint density at radius 2 is 1.71 bits per heavy atom. The van der Waals surface area contributed by atoms with Crippen LogP contribution in [0.4, 0.5) is 5.69 Å². The second-order valence-electron chi connectivity index (χ2n) is 6.30. The van der Waals surface area contributed by atoms with Gasteiger partial charge in [0.05, 0.1) is 22.5 Å². The van der Waals surface area contributed by atoms with Crippen molar-refractivity contribution in [3.05, 3.63) is 73.2 Å². The zero-order valence-corrected chi connectivity index (χ0v) is 16.4. The number of anilines is 1. The Morgan fingerprint density at radius 1 is 1.04 bits per heavy atom. The van der Waals surface area contributed by atoms with E-state index in [0.717, 1.165) is 27.4 Å². The quantitative estimate of drug-likeness (QED) is 0.382. The van der Waals surface area contributed by atoms with Gasteiger partial charge in [-0.2, -0.15) is 5.10 Å². The molecule has 0 unspecified atom stereocenters. The van der Waals surface area contributed by atoms with Crippen LogP contribution in [0, 0.1) is 0 Å². The number of fused-ring (bicyclic) bond motifs is 1. The maximum atomic E-state index is 12.9. The van der Waals surface area contributed by atoms with Gasteiger partial charge in [-0.15, -0.1) is 0 Å². The summed E-state index contributed by atoms with van der Waals surface area (Å²) in [5.41, 5.74) is 2.52. The number of rotatable bonds is 5. The first-order chi connectivity index (χ1) is 13.6. The van der Waals surface area contributed by atoms with Gasteiger partial charge in [-0.3, -0.25) is 4.79 Å². The summed E-state index contributed by atoms with van der Waals surface area (Å²) in [4.78, 5) is 23.3. The third-order valence-corrected chi connectivity index (χ3v) is 5.54. The maximum Gasteiger partial charge on any atom is 0.239 e.